The van der Waals surface area contributed by atoms with E-state index in [-0.39, 0.29) is 26.8 Å². The van der Waals surface area contributed by atoms with Crippen molar-refractivity contribution in [1.29, 1.82) is 0 Å². The Kier molecular flexibility index (Phi) is 8.70. The maximum Gasteiger partial charge on any atom is 2.00 e. The van der Waals surface area contributed by atoms with Crippen molar-refractivity contribution in [3.63, 3.8) is 0 Å². The van der Waals surface area contributed by atoms with Gasteiger partial charge in [-0.1, -0.05) is 81.9 Å². The summed E-state index contributed by atoms with van der Waals surface area (Å²) < 4.78 is 2.16. The second kappa shape index (κ2) is 12.4. The quantitative estimate of drug-likeness (QED) is 0.170. The second-order valence-corrected chi connectivity index (χ2v) is 10.9. The third-order valence-corrected chi connectivity index (χ3v) is 7.46. The predicted molar refractivity (Wildman–Crippen MR) is 168 cm³/mol. The van der Waals surface area contributed by atoms with Gasteiger partial charge in [-0.3, -0.25) is 4.98 Å². The van der Waals surface area contributed by atoms with Crippen LogP contribution in [0.1, 0.15) is 50.7 Å². The molecule has 0 saturated heterocycles. The van der Waals surface area contributed by atoms with E-state index in [1.165, 1.54) is 11.1 Å². The molecule has 2 heterocycles. The molecule has 1 aromatic heterocycles. The van der Waals surface area contributed by atoms with Gasteiger partial charge in [-0.15, -0.1) is 36.5 Å². The summed E-state index contributed by atoms with van der Waals surface area (Å²) in [4.78, 5) is 9.28. The van der Waals surface area contributed by atoms with Gasteiger partial charge in [-0.2, -0.15) is 0 Å². The van der Waals surface area contributed by atoms with Crippen molar-refractivity contribution in [2.24, 2.45) is 0 Å². The van der Waals surface area contributed by atoms with Gasteiger partial charge in [-0.25, -0.2) is 0 Å². The molecule has 0 aliphatic carbocycles. The number of benzene rings is 4. The van der Waals surface area contributed by atoms with E-state index in [0.29, 0.717) is 23.2 Å². The number of anilines is 2. The van der Waals surface area contributed by atoms with E-state index in [9.17, 15) is 5.11 Å². The summed E-state index contributed by atoms with van der Waals surface area (Å²) >= 11 is 0. The smallest absolute Gasteiger partial charge is 0.507 e. The Morgan fingerprint density at radius 2 is 1.38 bits per heavy atom. The molecule has 214 valence electrons. The van der Waals surface area contributed by atoms with Gasteiger partial charge in [-0.05, 0) is 65.8 Å². The van der Waals surface area contributed by atoms with Crippen LogP contribution in [0.4, 0.5) is 11.4 Å². The zero-order valence-electron chi connectivity index (χ0n) is 24.2. The Balaban J connectivity index is 0.00000353. The van der Waals surface area contributed by atoms with Crippen molar-refractivity contribution in [2.45, 2.75) is 39.5 Å². The van der Waals surface area contributed by atoms with Crippen LogP contribution in [0.5, 0.6) is 5.75 Å². The number of aromatic nitrogens is 2. The van der Waals surface area contributed by atoms with E-state index in [2.05, 4.69) is 84.7 Å². The number of rotatable bonds is 7. The van der Waals surface area contributed by atoms with Crippen molar-refractivity contribution in [3.8, 4) is 34.1 Å². The van der Waals surface area contributed by atoms with Crippen LogP contribution in [0.2, 0.25) is 0 Å². The standard InChI is InChI=1S/C36H34N4O.Pt/c1-25(2)30-17-11-18-31(26(3)4)35(30)40-23-33(37-36(40)32-16-8-9-19-34(32)41)27-12-10-15-29(22-27)39-21-20-38(24-39)28-13-6-5-7-14-28;/h5-21,23-26,41H,1-4H3;/q-2;+2. The summed E-state index contributed by atoms with van der Waals surface area (Å²) in [6.45, 7) is 10.9. The Morgan fingerprint density at radius 3 is 2.07 bits per heavy atom. The number of phenolic OH excluding ortho intramolecular Hbond substituents is 1. The van der Waals surface area contributed by atoms with Gasteiger partial charge in [0, 0.05) is 11.4 Å². The third-order valence-electron chi connectivity index (χ3n) is 7.46. The van der Waals surface area contributed by atoms with E-state index in [0.717, 1.165) is 28.3 Å². The minimum atomic E-state index is 0. The first kappa shape index (κ1) is 29.4. The number of imidazole rings is 1. The monoisotopic (exact) mass is 733 g/mol. The van der Waals surface area contributed by atoms with Crippen LogP contribution in [-0.2, 0) is 21.1 Å². The molecule has 0 amide bonds. The summed E-state index contributed by atoms with van der Waals surface area (Å²) in [6.07, 6.45) is 6.16. The maximum absolute atomic E-state index is 10.9. The first-order valence-electron chi connectivity index (χ1n) is 14.1. The van der Waals surface area contributed by atoms with Crippen LogP contribution in [-0.4, -0.2) is 14.7 Å². The number of nitrogens with zero attached hydrogens (tertiary/aromatic N) is 4. The van der Waals surface area contributed by atoms with Crippen molar-refractivity contribution >= 4 is 11.4 Å². The minimum absolute atomic E-state index is 0. The van der Waals surface area contributed by atoms with E-state index in [1.54, 1.807) is 6.07 Å². The van der Waals surface area contributed by atoms with Crippen LogP contribution < -0.4 is 9.80 Å². The fourth-order valence-electron chi connectivity index (χ4n) is 5.33. The molecule has 0 unspecified atom stereocenters. The number of hydrogen-bond donors (Lipinski definition) is 1. The first-order chi connectivity index (χ1) is 19.9. The van der Waals surface area contributed by atoms with Crippen LogP contribution in [0.25, 0.3) is 28.3 Å². The molecule has 6 rings (SSSR count). The van der Waals surface area contributed by atoms with E-state index >= 15 is 0 Å². The summed E-state index contributed by atoms with van der Waals surface area (Å²) in [5.74, 6) is 1.53. The second-order valence-electron chi connectivity index (χ2n) is 10.9. The van der Waals surface area contributed by atoms with Crippen LogP contribution in [0.15, 0.2) is 110 Å². The predicted octanol–water partition coefficient (Wildman–Crippen LogP) is 8.87. The van der Waals surface area contributed by atoms with E-state index in [4.69, 9.17) is 4.98 Å². The number of hydrogen-bond acceptors (Lipinski definition) is 4. The SMILES string of the molecule is CC(C)c1cccc(C(C)C)c1-n1cc(-c2[c-]c(N3C=CN(c4ccccc4)[CH-]3)ccc2)nc1-c1ccccc1O.[Pt+2]. The topological polar surface area (TPSA) is 44.5 Å². The van der Waals surface area contributed by atoms with Gasteiger partial charge < -0.3 is 19.5 Å². The van der Waals surface area contributed by atoms with Gasteiger partial charge in [0.25, 0.3) is 0 Å². The molecular formula is C36H34N4OPt. The summed E-state index contributed by atoms with van der Waals surface area (Å²) in [5.41, 5.74) is 7.99. The molecule has 0 bridgehead atoms. The molecule has 1 aliphatic heterocycles. The first-order valence-corrected chi connectivity index (χ1v) is 14.1. The van der Waals surface area contributed by atoms with Crippen molar-refractivity contribution < 1.29 is 26.2 Å². The van der Waals surface area contributed by atoms with Gasteiger partial charge in [0.15, 0.2) is 0 Å². The van der Waals surface area contributed by atoms with Crippen molar-refractivity contribution in [1.82, 2.24) is 9.55 Å². The molecule has 5 aromatic rings. The molecule has 0 radical (unpaired) electrons. The third kappa shape index (κ3) is 5.67. The van der Waals surface area contributed by atoms with E-state index in [1.807, 2.05) is 73.7 Å². The van der Waals surface area contributed by atoms with Crippen LogP contribution >= 0.6 is 0 Å². The fraction of sp³-hybridized carbons (Fsp3) is 0.167. The normalized spacial score (nSPS) is 12.8. The maximum atomic E-state index is 10.9. The zero-order chi connectivity index (χ0) is 28.5. The molecule has 4 aromatic carbocycles. The summed E-state index contributed by atoms with van der Waals surface area (Å²) in [6, 6.07) is 33.9. The molecule has 0 atom stereocenters. The summed E-state index contributed by atoms with van der Waals surface area (Å²) in [5, 5.41) is 10.9. The largest absolute Gasteiger partial charge is 2.00 e. The molecule has 5 nitrogen and oxygen atoms in total. The van der Waals surface area contributed by atoms with Crippen molar-refractivity contribution in [2.75, 3.05) is 9.80 Å². The fourth-order valence-corrected chi connectivity index (χ4v) is 5.33. The molecule has 42 heavy (non-hydrogen) atoms. The van der Waals surface area contributed by atoms with E-state index < -0.39 is 0 Å². The Labute approximate surface area is 263 Å². The average molecular weight is 734 g/mol. The summed E-state index contributed by atoms with van der Waals surface area (Å²) in [7, 11) is 0. The molecule has 0 saturated carbocycles. The minimum Gasteiger partial charge on any atom is -0.507 e. The molecule has 1 aliphatic rings. The Bertz CT molecular complexity index is 1680. The number of phenols is 1. The zero-order valence-corrected chi connectivity index (χ0v) is 26.4. The molecular weight excluding hydrogens is 700 g/mol. The Morgan fingerprint density at radius 1 is 0.738 bits per heavy atom. The van der Waals surface area contributed by atoms with Gasteiger partial charge in [0.05, 0.1) is 11.3 Å². The van der Waals surface area contributed by atoms with Crippen molar-refractivity contribution in [3.05, 3.63) is 133 Å². The molecule has 0 spiro atoms. The average Bonchev–Trinajstić information content (AvgIpc) is 3.66. The van der Waals surface area contributed by atoms with Crippen LogP contribution in [0, 0.1) is 12.7 Å². The van der Waals surface area contributed by atoms with Gasteiger partial charge in [0.1, 0.15) is 11.6 Å². The van der Waals surface area contributed by atoms with Crippen LogP contribution in [0.3, 0.4) is 0 Å². The molecule has 0 fully saturated rings. The molecule has 1 N–H and O–H groups in total. The Hall–Kier alpha value is -4.08. The molecule has 6 heteroatoms. The van der Waals surface area contributed by atoms with Gasteiger partial charge in [0.2, 0.25) is 0 Å². The number of aromatic hydroxyl groups is 1. The number of para-hydroxylation sites is 3. The van der Waals surface area contributed by atoms with Gasteiger partial charge >= 0.3 is 21.1 Å².